The Morgan fingerprint density at radius 1 is 1.19 bits per heavy atom. The van der Waals surface area contributed by atoms with Crippen molar-refractivity contribution < 1.29 is 0 Å². The summed E-state index contributed by atoms with van der Waals surface area (Å²) in [5.41, 5.74) is 1.54. The van der Waals surface area contributed by atoms with E-state index in [1.54, 1.807) is 0 Å². The maximum absolute atomic E-state index is 5.95. The fraction of sp³-hybridized carbons (Fsp3) is 0.636. The Morgan fingerprint density at radius 3 is 2.06 bits per heavy atom. The van der Waals surface area contributed by atoms with Crippen LogP contribution in [0.5, 0.6) is 0 Å². The lowest BCUT2D eigenvalue weighted by molar-refractivity contribution is 0.554. The van der Waals surface area contributed by atoms with Crippen LogP contribution in [0.4, 0.5) is 5.95 Å². The molecule has 0 bridgehead atoms. The molecule has 0 saturated carbocycles. The standard InChI is InChI=1S/C11H17Cl2N3/c1-4-11(6-12,7-13)16-10-14-8(2)5-9(3)15-10/h5H,4,6-7H2,1-3H3,(H,14,15,16). The van der Waals surface area contributed by atoms with Crippen molar-refractivity contribution in [2.24, 2.45) is 0 Å². The highest BCUT2D eigenvalue weighted by molar-refractivity contribution is 6.22. The molecule has 0 fully saturated rings. The SMILES string of the molecule is CCC(CCl)(CCl)Nc1nc(C)cc(C)n1. The lowest BCUT2D eigenvalue weighted by atomic mass is 10.0. The lowest BCUT2D eigenvalue weighted by Crippen LogP contribution is -2.42. The summed E-state index contributed by atoms with van der Waals surface area (Å²) in [6.45, 7) is 5.92. The molecule has 0 saturated heterocycles. The second kappa shape index (κ2) is 5.69. The van der Waals surface area contributed by atoms with E-state index < -0.39 is 0 Å². The molecule has 0 spiro atoms. The van der Waals surface area contributed by atoms with Crippen LogP contribution in [-0.4, -0.2) is 27.3 Å². The van der Waals surface area contributed by atoms with Gasteiger partial charge in [0.1, 0.15) is 0 Å². The number of nitrogens with zero attached hydrogens (tertiary/aromatic N) is 2. The van der Waals surface area contributed by atoms with Crippen molar-refractivity contribution >= 4 is 29.2 Å². The zero-order chi connectivity index (χ0) is 12.2. The summed E-state index contributed by atoms with van der Waals surface area (Å²) in [6, 6.07) is 1.93. The van der Waals surface area contributed by atoms with Crippen LogP contribution in [0.2, 0.25) is 0 Å². The fourth-order valence-corrected chi connectivity index (χ4v) is 2.20. The molecule has 0 amide bonds. The number of nitrogens with one attached hydrogen (secondary N) is 1. The van der Waals surface area contributed by atoms with E-state index in [0.717, 1.165) is 17.8 Å². The van der Waals surface area contributed by atoms with E-state index in [4.69, 9.17) is 23.2 Å². The molecule has 16 heavy (non-hydrogen) atoms. The van der Waals surface area contributed by atoms with Gasteiger partial charge in [-0.15, -0.1) is 23.2 Å². The number of aryl methyl sites for hydroxylation is 2. The summed E-state index contributed by atoms with van der Waals surface area (Å²) >= 11 is 11.9. The molecule has 0 aliphatic rings. The molecule has 1 aromatic heterocycles. The Balaban J connectivity index is 2.93. The zero-order valence-corrected chi connectivity index (χ0v) is 11.4. The molecule has 0 aliphatic heterocycles. The van der Waals surface area contributed by atoms with Crippen LogP contribution in [0.3, 0.4) is 0 Å². The quantitative estimate of drug-likeness (QED) is 0.828. The van der Waals surface area contributed by atoms with Crippen LogP contribution in [0.15, 0.2) is 6.07 Å². The predicted molar refractivity (Wildman–Crippen MR) is 69.6 cm³/mol. The first-order valence-corrected chi connectivity index (χ1v) is 6.34. The second-order valence-electron chi connectivity index (χ2n) is 4.00. The van der Waals surface area contributed by atoms with Gasteiger partial charge in [0, 0.05) is 23.1 Å². The predicted octanol–water partition coefficient (Wildman–Crippen LogP) is 3.13. The summed E-state index contributed by atoms with van der Waals surface area (Å²) in [5.74, 6) is 1.47. The monoisotopic (exact) mass is 261 g/mol. The number of alkyl halides is 2. The topological polar surface area (TPSA) is 37.8 Å². The lowest BCUT2D eigenvalue weighted by Gasteiger charge is -2.29. The summed E-state index contributed by atoms with van der Waals surface area (Å²) in [6.07, 6.45) is 0.830. The van der Waals surface area contributed by atoms with Crippen LogP contribution in [0.1, 0.15) is 24.7 Å². The molecular weight excluding hydrogens is 245 g/mol. The largest absolute Gasteiger partial charge is 0.346 e. The van der Waals surface area contributed by atoms with Crippen LogP contribution in [0, 0.1) is 13.8 Å². The Kier molecular flexibility index (Phi) is 4.81. The first kappa shape index (κ1) is 13.5. The summed E-state index contributed by atoms with van der Waals surface area (Å²) in [5, 5.41) is 3.24. The fourth-order valence-electron chi connectivity index (χ4n) is 1.40. The molecule has 5 heteroatoms. The van der Waals surface area contributed by atoms with Gasteiger partial charge in [0.25, 0.3) is 0 Å². The van der Waals surface area contributed by atoms with Crippen LogP contribution >= 0.6 is 23.2 Å². The summed E-state index contributed by atoms with van der Waals surface area (Å²) < 4.78 is 0. The van der Waals surface area contributed by atoms with Crippen LogP contribution < -0.4 is 5.32 Å². The third-order valence-electron chi connectivity index (χ3n) is 2.55. The van der Waals surface area contributed by atoms with Gasteiger partial charge in [-0.05, 0) is 26.3 Å². The van der Waals surface area contributed by atoms with Gasteiger partial charge in [-0.2, -0.15) is 0 Å². The van der Waals surface area contributed by atoms with Crippen molar-refractivity contribution in [1.82, 2.24) is 9.97 Å². The number of aromatic nitrogens is 2. The average molecular weight is 262 g/mol. The van der Waals surface area contributed by atoms with Gasteiger partial charge < -0.3 is 5.32 Å². The Labute approximate surface area is 107 Å². The number of hydrogen-bond acceptors (Lipinski definition) is 3. The smallest absolute Gasteiger partial charge is 0.223 e. The van der Waals surface area contributed by atoms with Crippen LogP contribution in [-0.2, 0) is 0 Å². The number of hydrogen-bond donors (Lipinski definition) is 1. The minimum absolute atomic E-state index is 0.330. The molecule has 1 heterocycles. The molecule has 90 valence electrons. The Morgan fingerprint density at radius 2 is 1.69 bits per heavy atom. The number of rotatable bonds is 5. The number of anilines is 1. The van der Waals surface area contributed by atoms with Gasteiger partial charge in [0.05, 0.1) is 5.54 Å². The Bertz CT molecular complexity index is 323. The summed E-state index contributed by atoms with van der Waals surface area (Å²) in [7, 11) is 0. The van der Waals surface area contributed by atoms with Gasteiger partial charge in [0.2, 0.25) is 5.95 Å². The highest BCUT2D eigenvalue weighted by Crippen LogP contribution is 2.20. The maximum atomic E-state index is 5.95. The second-order valence-corrected chi connectivity index (χ2v) is 4.53. The first-order chi connectivity index (χ1) is 7.55. The minimum atomic E-state index is -0.330. The third-order valence-corrected chi connectivity index (χ3v) is 3.57. The molecule has 0 unspecified atom stereocenters. The highest BCUT2D eigenvalue weighted by Gasteiger charge is 2.27. The molecule has 0 aromatic carbocycles. The Hall–Kier alpha value is -0.540. The molecular formula is C11H17Cl2N3. The van der Waals surface area contributed by atoms with E-state index >= 15 is 0 Å². The molecule has 3 nitrogen and oxygen atoms in total. The van der Waals surface area contributed by atoms with Gasteiger partial charge in [-0.3, -0.25) is 0 Å². The van der Waals surface area contributed by atoms with Gasteiger partial charge in [-0.1, -0.05) is 6.92 Å². The van der Waals surface area contributed by atoms with E-state index in [-0.39, 0.29) is 5.54 Å². The van der Waals surface area contributed by atoms with Gasteiger partial charge in [0.15, 0.2) is 0 Å². The van der Waals surface area contributed by atoms with E-state index in [9.17, 15) is 0 Å². The van der Waals surface area contributed by atoms with Gasteiger partial charge in [-0.25, -0.2) is 9.97 Å². The molecule has 1 aromatic rings. The van der Waals surface area contributed by atoms with Crippen molar-refractivity contribution in [3.8, 4) is 0 Å². The molecule has 0 aliphatic carbocycles. The minimum Gasteiger partial charge on any atom is -0.346 e. The van der Waals surface area contributed by atoms with Crippen molar-refractivity contribution in [3.63, 3.8) is 0 Å². The average Bonchev–Trinajstić information content (AvgIpc) is 2.25. The van der Waals surface area contributed by atoms with Crippen molar-refractivity contribution in [3.05, 3.63) is 17.5 Å². The highest BCUT2D eigenvalue weighted by atomic mass is 35.5. The first-order valence-electron chi connectivity index (χ1n) is 5.27. The van der Waals surface area contributed by atoms with Crippen molar-refractivity contribution in [1.29, 1.82) is 0 Å². The summed E-state index contributed by atoms with van der Waals surface area (Å²) in [4.78, 5) is 8.65. The number of halogens is 2. The van der Waals surface area contributed by atoms with E-state index in [1.165, 1.54) is 0 Å². The van der Waals surface area contributed by atoms with Crippen molar-refractivity contribution in [2.75, 3.05) is 17.1 Å². The normalized spacial score (nSPS) is 11.6. The molecule has 1 rings (SSSR count). The van der Waals surface area contributed by atoms with E-state index in [1.807, 2.05) is 26.8 Å². The van der Waals surface area contributed by atoms with E-state index in [2.05, 4.69) is 15.3 Å². The molecule has 1 N–H and O–H groups in total. The zero-order valence-electron chi connectivity index (χ0n) is 9.85. The van der Waals surface area contributed by atoms with Crippen molar-refractivity contribution in [2.45, 2.75) is 32.7 Å². The molecule has 0 radical (unpaired) electrons. The van der Waals surface area contributed by atoms with Crippen LogP contribution in [0.25, 0.3) is 0 Å². The third kappa shape index (κ3) is 3.22. The van der Waals surface area contributed by atoms with E-state index in [0.29, 0.717) is 17.7 Å². The molecule has 0 atom stereocenters. The maximum Gasteiger partial charge on any atom is 0.223 e. The van der Waals surface area contributed by atoms with Gasteiger partial charge >= 0.3 is 0 Å².